The summed E-state index contributed by atoms with van der Waals surface area (Å²) in [5.74, 6) is 0.120. The molecule has 104 valence electrons. The van der Waals surface area contributed by atoms with Gasteiger partial charge < -0.3 is 5.32 Å². The Morgan fingerprint density at radius 2 is 1.86 bits per heavy atom. The van der Waals surface area contributed by atoms with E-state index in [-0.39, 0.29) is 11.8 Å². The maximum absolute atomic E-state index is 12.3. The van der Waals surface area contributed by atoms with E-state index >= 15 is 0 Å². The molecule has 0 unspecified atom stereocenters. The number of benzene rings is 2. The first kappa shape index (κ1) is 13.4. The highest BCUT2D eigenvalue weighted by Gasteiger charge is 2.26. The highest BCUT2D eigenvalue weighted by atomic mass is 16.1. The molecule has 0 spiro atoms. The second-order valence-corrected chi connectivity index (χ2v) is 5.40. The SMILES string of the molecule is N#Cc1cccc(CNC(=O)C2Cc3ccccc3C2)c1. The number of fused-ring (bicyclic) bond motifs is 1. The summed E-state index contributed by atoms with van der Waals surface area (Å²) in [6.45, 7) is 0.473. The van der Waals surface area contributed by atoms with Crippen molar-refractivity contribution >= 4 is 5.91 Å². The lowest BCUT2D eigenvalue weighted by Crippen LogP contribution is -2.30. The van der Waals surface area contributed by atoms with Crippen LogP contribution in [0.4, 0.5) is 0 Å². The van der Waals surface area contributed by atoms with E-state index in [0.29, 0.717) is 12.1 Å². The number of nitriles is 1. The van der Waals surface area contributed by atoms with Gasteiger partial charge in [0, 0.05) is 12.5 Å². The van der Waals surface area contributed by atoms with Crippen molar-refractivity contribution in [3.8, 4) is 6.07 Å². The van der Waals surface area contributed by atoms with Gasteiger partial charge in [0.1, 0.15) is 0 Å². The van der Waals surface area contributed by atoms with Crippen LogP contribution in [0.2, 0.25) is 0 Å². The predicted molar refractivity (Wildman–Crippen MR) is 80.3 cm³/mol. The molecule has 0 aromatic heterocycles. The van der Waals surface area contributed by atoms with Crippen LogP contribution >= 0.6 is 0 Å². The minimum Gasteiger partial charge on any atom is -0.352 e. The summed E-state index contributed by atoms with van der Waals surface area (Å²) < 4.78 is 0. The molecule has 0 aliphatic heterocycles. The van der Waals surface area contributed by atoms with E-state index in [0.717, 1.165) is 18.4 Å². The summed E-state index contributed by atoms with van der Waals surface area (Å²) in [6.07, 6.45) is 1.64. The van der Waals surface area contributed by atoms with Crippen LogP contribution < -0.4 is 5.32 Å². The number of amides is 1. The van der Waals surface area contributed by atoms with Crippen LogP contribution in [0, 0.1) is 17.2 Å². The zero-order valence-corrected chi connectivity index (χ0v) is 11.7. The average Bonchev–Trinajstić information content (AvgIpc) is 2.97. The lowest BCUT2D eigenvalue weighted by molar-refractivity contribution is -0.124. The van der Waals surface area contributed by atoms with Crippen molar-refractivity contribution in [1.82, 2.24) is 5.32 Å². The van der Waals surface area contributed by atoms with Gasteiger partial charge in [-0.15, -0.1) is 0 Å². The Kier molecular flexibility index (Phi) is 3.70. The average molecular weight is 276 g/mol. The van der Waals surface area contributed by atoms with Gasteiger partial charge in [-0.3, -0.25) is 4.79 Å². The van der Waals surface area contributed by atoms with Crippen LogP contribution in [-0.2, 0) is 24.2 Å². The third-order valence-electron chi connectivity index (χ3n) is 3.94. The molecule has 0 saturated carbocycles. The second kappa shape index (κ2) is 5.80. The van der Waals surface area contributed by atoms with Crippen molar-refractivity contribution in [3.05, 3.63) is 70.8 Å². The van der Waals surface area contributed by atoms with Gasteiger partial charge in [0.2, 0.25) is 5.91 Å². The monoisotopic (exact) mass is 276 g/mol. The lowest BCUT2D eigenvalue weighted by atomic mass is 10.1. The molecule has 1 aliphatic carbocycles. The van der Waals surface area contributed by atoms with Crippen molar-refractivity contribution in [3.63, 3.8) is 0 Å². The van der Waals surface area contributed by atoms with Gasteiger partial charge in [-0.05, 0) is 41.7 Å². The molecule has 0 saturated heterocycles. The smallest absolute Gasteiger partial charge is 0.224 e. The number of carbonyl (C=O) groups excluding carboxylic acids is 1. The van der Waals surface area contributed by atoms with Gasteiger partial charge in [-0.2, -0.15) is 5.26 Å². The molecule has 1 aliphatic rings. The van der Waals surface area contributed by atoms with E-state index in [2.05, 4.69) is 23.5 Å². The zero-order chi connectivity index (χ0) is 14.7. The highest BCUT2D eigenvalue weighted by Crippen LogP contribution is 2.26. The molecule has 0 fully saturated rings. The Hall–Kier alpha value is -2.60. The maximum atomic E-state index is 12.3. The number of rotatable bonds is 3. The topological polar surface area (TPSA) is 52.9 Å². The summed E-state index contributed by atoms with van der Waals surface area (Å²) >= 11 is 0. The summed E-state index contributed by atoms with van der Waals surface area (Å²) in [4.78, 5) is 12.3. The Morgan fingerprint density at radius 1 is 1.14 bits per heavy atom. The first-order valence-electron chi connectivity index (χ1n) is 7.10. The molecule has 0 atom stereocenters. The second-order valence-electron chi connectivity index (χ2n) is 5.40. The van der Waals surface area contributed by atoms with Gasteiger partial charge in [0.05, 0.1) is 11.6 Å². The third-order valence-corrected chi connectivity index (χ3v) is 3.94. The minimum atomic E-state index is 0.0292. The fourth-order valence-corrected chi connectivity index (χ4v) is 2.83. The van der Waals surface area contributed by atoms with E-state index in [9.17, 15) is 4.79 Å². The fourth-order valence-electron chi connectivity index (χ4n) is 2.83. The van der Waals surface area contributed by atoms with Crippen LogP contribution in [0.1, 0.15) is 22.3 Å². The number of hydrogen-bond donors (Lipinski definition) is 1. The first-order chi connectivity index (χ1) is 10.3. The van der Waals surface area contributed by atoms with Gasteiger partial charge in [0.15, 0.2) is 0 Å². The predicted octanol–water partition coefficient (Wildman–Crippen LogP) is 2.59. The fraction of sp³-hybridized carbons (Fsp3) is 0.222. The summed E-state index contributed by atoms with van der Waals surface area (Å²) in [7, 11) is 0. The molecule has 0 radical (unpaired) electrons. The normalized spacial score (nSPS) is 13.5. The molecule has 21 heavy (non-hydrogen) atoms. The quantitative estimate of drug-likeness (QED) is 0.936. The van der Waals surface area contributed by atoms with E-state index in [1.54, 1.807) is 6.07 Å². The van der Waals surface area contributed by atoms with Crippen LogP contribution in [0.25, 0.3) is 0 Å². The van der Waals surface area contributed by atoms with E-state index in [4.69, 9.17) is 5.26 Å². The molecular formula is C18H16N2O. The van der Waals surface area contributed by atoms with Gasteiger partial charge in [-0.1, -0.05) is 36.4 Å². The van der Waals surface area contributed by atoms with Crippen LogP contribution in [0.15, 0.2) is 48.5 Å². The summed E-state index contributed by atoms with van der Waals surface area (Å²) in [5.41, 5.74) is 4.14. The van der Waals surface area contributed by atoms with Crippen LogP contribution in [0.3, 0.4) is 0 Å². The van der Waals surface area contributed by atoms with Crippen LogP contribution in [-0.4, -0.2) is 5.91 Å². The maximum Gasteiger partial charge on any atom is 0.224 e. The van der Waals surface area contributed by atoms with Crippen molar-refractivity contribution in [2.45, 2.75) is 19.4 Å². The lowest BCUT2D eigenvalue weighted by Gasteiger charge is -2.10. The standard InChI is InChI=1S/C18H16N2O/c19-11-13-4-3-5-14(8-13)12-20-18(21)17-9-15-6-1-2-7-16(15)10-17/h1-8,17H,9-10,12H2,(H,20,21). The Labute approximate surface area is 124 Å². The van der Waals surface area contributed by atoms with E-state index in [1.165, 1.54) is 11.1 Å². The van der Waals surface area contributed by atoms with E-state index in [1.807, 2.05) is 30.3 Å². The van der Waals surface area contributed by atoms with Crippen molar-refractivity contribution in [2.75, 3.05) is 0 Å². The molecule has 3 nitrogen and oxygen atoms in total. The Balaban J connectivity index is 1.60. The molecule has 1 amide bonds. The van der Waals surface area contributed by atoms with Crippen molar-refractivity contribution in [2.24, 2.45) is 5.92 Å². The van der Waals surface area contributed by atoms with E-state index < -0.39 is 0 Å². The summed E-state index contributed by atoms with van der Waals surface area (Å²) in [6, 6.07) is 17.7. The highest BCUT2D eigenvalue weighted by molar-refractivity contribution is 5.80. The minimum absolute atomic E-state index is 0.0292. The number of carbonyl (C=O) groups is 1. The molecule has 3 rings (SSSR count). The molecule has 2 aromatic rings. The summed E-state index contributed by atoms with van der Waals surface area (Å²) in [5, 5.41) is 11.9. The van der Waals surface area contributed by atoms with Crippen molar-refractivity contribution in [1.29, 1.82) is 5.26 Å². The Bertz CT molecular complexity index is 690. The third kappa shape index (κ3) is 2.95. The zero-order valence-electron chi connectivity index (χ0n) is 11.7. The molecule has 2 aromatic carbocycles. The van der Waals surface area contributed by atoms with Gasteiger partial charge in [0.25, 0.3) is 0 Å². The van der Waals surface area contributed by atoms with Gasteiger partial charge >= 0.3 is 0 Å². The molecular weight excluding hydrogens is 260 g/mol. The molecule has 1 N–H and O–H groups in total. The molecule has 3 heteroatoms. The molecule has 0 heterocycles. The molecule has 0 bridgehead atoms. The first-order valence-corrected chi connectivity index (χ1v) is 7.10. The number of nitrogens with one attached hydrogen (secondary N) is 1. The largest absolute Gasteiger partial charge is 0.352 e. The van der Waals surface area contributed by atoms with Gasteiger partial charge in [-0.25, -0.2) is 0 Å². The van der Waals surface area contributed by atoms with Crippen LogP contribution in [0.5, 0.6) is 0 Å². The Morgan fingerprint density at radius 3 is 2.52 bits per heavy atom. The van der Waals surface area contributed by atoms with Crippen molar-refractivity contribution < 1.29 is 4.79 Å². The number of nitrogens with zero attached hydrogens (tertiary/aromatic N) is 1. The number of hydrogen-bond acceptors (Lipinski definition) is 2.